The maximum absolute atomic E-state index is 12.4. The highest BCUT2D eigenvalue weighted by Gasteiger charge is 2.67. The number of carbonyl (C=O) groups excluding carboxylic acids is 1. The summed E-state index contributed by atoms with van der Waals surface area (Å²) in [6, 6.07) is 10.4. The molecule has 1 aromatic carbocycles. The topological polar surface area (TPSA) is 41.6 Å². The first-order valence-corrected chi connectivity index (χ1v) is 8.72. The third-order valence-electron chi connectivity index (χ3n) is 4.89. The monoisotopic (exact) mass is 356 g/mol. The lowest BCUT2D eigenvalue weighted by molar-refractivity contribution is -0.126. The fourth-order valence-corrected chi connectivity index (χ4v) is 3.76. The highest BCUT2D eigenvalue weighted by molar-refractivity contribution is 6.53. The average molecular weight is 357 g/mol. The summed E-state index contributed by atoms with van der Waals surface area (Å²) in [6.07, 6.45) is 0.502. The largest absolute Gasteiger partial charge is 0.379 e. The Morgan fingerprint density at radius 3 is 2.48 bits per heavy atom. The van der Waals surface area contributed by atoms with Gasteiger partial charge in [0.25, 0.3) is 0 Å². The summed E-state index contributed by atoms with van der Waals surface area (Å²) in [4.78, 5) is 14.8. The molecule has 2 aliphatic rings. The Kier molecular flexibility index (Phi) is 4.88. The van der Waals surface area contributed by atoms with Crippen LogP contribution in [0, 0.1) is 5.41 Å². The van der Waals surface area contributed by atoms with Crippen molar-refractivity contribution < 1.29 is 9.53 Å². The highest BCUT2D eigenvalue weighted by Crippen LogP contribution is 2.63. The fourth-order valence-electron chi connectivity index (χ4n) is 3.05. The molecule has 1 N–H and O–H groups in total. The van der Waals surface area contributed by atoms with Gasteiger partial charge in [-0.25, -0.2) is 0 Å². The molecular weight excluding hydrogens is 335 g/mol. The van der Waals surface area contributed by atoms with Crippen molar-refractivity contribution in [3.05, 3.63) is 35.9 Å². The summed E-state index contributed by atoms with van der Waals surface area (Å²) >= 11 is 12.2. The smallest absolute Gasteiger partial charge is 0.229 e. The van der Waals surface area contributed by atoms with E-state index < -0.39 is 9.75 Å². The summed E-state index contributed by atoms with van der Waals surface area (Å²) < 4.78 is 4.51. The van der Waals surface area contributed by atoms with Crippen LogP contribution in [0.15, 0.2) is 30.3 Å². The molecule has 1 aliphatic carbocycles. The molecular formula is C17H22Cl2N2O2. The van der Waals surface area contributed by atoms with Gasteiger partial charge in [-0.05, 0) is 18.9 Å². The fraction of sp³-hybridized carbons (Fsp3) is 0.588. The number of benzene rings is 1. The second-order valence-electron chi connectivity index (χ2n) is 6.50. The van der Waals surface area contributed by atoms with Crippen LogP contribution in [-0.4, -0.2) is 48.0 Å². The molecule has 1 heterocycles. The van der Waals surface area contributed by atoms with Crippen molar-refractivity contribution in [1.82, 2.24) is 10.2 Å². The number of rotatable bonds is 5. The highest BCUT2D eigenvalue weighted by atomic mass is 35.5. The lowest BCUT2D eigenvalue weighted by Gasteiger charge is -2.35. The molecule has 1 amide bonds. The van der Waals surface area contributed by atoms with Crippen LogP contribution in [0.2, 0.25) is 0 Å². The van der Waals surface area contributed by atoms with E-state index in [2.05, 4.69) is 22.3 Å². The van der Waals surface area contributed by atoms with E-state index in [1.54, 1.807) is 0 Å². The molecule has 2 fully saturated rings. The summed E-state index contributed by atoms with van der Waals surface area (Å²) in [7, 11) is 0. The molecule has 23 heavy (non-hydrogen) atoms. The number of morpholine rings is 1. The van der Waals surface area contributed by atoms with Gasteiger partial charge in [-0.3, -0.25) is 9.69 Å². The first-order valence-electron chi connectivity index (χ1n) is 7.97. The van der Waals surface area contributed by atoms with E-state index >= 15 is 0 Å². The Labute approximate surface area is 147 Å². The van der Waals surface area contributed by atoms with E-state index in [0.29, 0.717) is 13.0 Å². The van der Waals surface area contributed by atoms with E-state index in [-0.39, 0.29) is 11.9 Å². The van der Waals surface area contributed by atoms with Crippen LogP contribution in [0.5, 0.6) is 0 Å². The molecule has 4 nitrogen and oxygen atoms in total. The number of alkyl halides is 2. The molecule has 1 aromatic rings. The number of nitrogens with one attached hydrogen (secondary N) is 1. The van der Waals surface area contributed by atoms with Crippen molar-refractivity contribution in [2.45, 2.75) is 23.7 Å². The molecule has 1 aliphatic heterocycles. The molecule has 2 atom stereocenters. The second kappa shape index (κ2) is 6.60. The number of halogens is 2. The minimum Gasteiger partial charge on any atom is -0.379 e. The lowest BCUT2D eigenvalue weighted by atomic mass is 10.0. The zero-order valence-electron chi connectivity index (χ0n) is 13.2. The molecule has 1 saturated heterocycles. The second-order valence-corrected chi connectivity index (χ2v) is 7.98. The van der Waals surface area contributed by atoms with E-state index in [4.69, 9.17) is 27.9 Å². The third kappa shape index (κ3) is 3.50. The first-order chi connectivity index (χ1) is 10.9. The standard InChI is InChI=1S/C17H22Cl2N2O2/c1-16(12-17(16,18)19)15(22)20-11-14(13-5-3-2-4-6-13)21-7-9-23-10-8-21/h2-6,14H,7-12H2,1H3,(H,20,22)/t14-,16-/m0/s1. The zero-order chi connectivity index (χ0) is 16.5. The summed E-state index contributed by atoms with van der Waals surface area (Å²) in [6.45, 7) is 5.53. The Balaban J connectivity index is 1.68. The molecule has 0 unspecified atom stereocenters. The maximum atomic E-state index is 12.4. The molecule has 3 rings (SSSR count). The van der Waals surface area contributed by atoms with Gasteiger partial charge in [0.15, 0.2) is 0 Å². The van der Waals surface area contributed by atoms with Crippen LogP contribution in [0.4, 0.5) is 0 Å². The van der Waals surface area contributed by atoms with Crippen molar-refractivity contribution in [2.75, 3.05) is 32.8 Å². The Bertz CT molecular complexity index is 561. The Morgan fingerprint density at radius 2 is 1.91 bits per heavy atom. The van der Waals surface area contributed by atoms with E-state index in [0.717, 1.165) is 26.3 Å². The minimum absolute atomic E-state index is 0.0725. The molecule has 0 spiro atoms. The van der Waals surface area contributed by atoms with Crippen molar-refractivity contribution in [3.63, 3.8) is 0 Å². The van der Waals surface area contributed by atoms with Crippen LogP contribution in [0.25, 0.3) is 0 Å². The zero-order valence-corrected chi connectivity index (χ0v) is 14.7. The summed E-state index contributed by atoms with van der Waals surface area (Å²) in [5.41, 5.74) is 0.515. The van der Waals surface area contributed by atoms with Crippen molar-refractivity contribution >= 4 is 29.1 Å². The van der Waals surface area contributed by atoms with Gasteiger partial charge in [0, 0.05) is 19.6 Å². The summed E-state index contributed by atoms with van der Waals surface area (Å²) in [5, 5.41) is 3.05. The van der Waals surface area contributed by atoms with Gasteiger partial charge < -0.3 is 10.1 Å². The van der Waals surface area contributed by atoms with Gasteiger partial charge in [0.1, 0.15) is 4.33 Å². The number of ether oxygens (including phenoxy) is 1. The molecule has 1 saturated carbocycles. The molecule has 0 aromatic heterocycles. The quantitative estimate of drug-likeness (QED) is 0.824. The van der Waals surface area contributed by atoms with Crippen molar-refractivity contribution in [1.29, 1.82) is 0 Å². The number of nitrogens with zero attached hydrogens (tertiary/aromatic N) is 1. The summed E-state index contributed by atoms with van der Waals surface area (Å²) in [5.74, 6) is -0.0725. The van der Waals surface area contributed by atoms with Crippen LogP contribution < -0.4 is 5.32 Å². The molecule has 126 valence electrons. The average Bonchev–Trinajstić information content (AvgIpc) is 3.09. The van der Waals surface area contributed by atoms with Gasteiger partial charge in [0.2, 0.25) is 5.91 Å². The van der Waals surface area contributed by atoms with Gasteiger partial charge in [-0.2, -0.15) is 0 Å². The van der Waals surface area contributed by atoms with Crippen LogP contribution >= 0.6 is 23.2 Å². The van der Waals surface area contributed by atoms with Gasteiger partial charge in [-0.1, -0.05) is 30.3 Å². The Morgan fingerprint density at radius 1 is 1.30 bits per heavy atom. The minimum atomic E-state index is -0.932. The normalized spacial score (nSPS) is 28.1. The third-order valence-corrected chi connectivity index (χ3v) is 5.99. The molecule has 0 bridgehead atoms. The van der Waals surface area contributed by atoms with Crippen molar-refractivity contribution in [3.8, 4) is 0 Å². The van der Waals surface area contributed by atoms with E-state index in [1.807, 2.05) is 25.1 Å². The van der Waals surface area contributed by atoms with Gasteiger partial charge in [0.05, 0.1) is 24.7 Å². The van der Waals surface area contributed by atoms with Gasteiger partial charge in [-0.15, -0.1) is 23.2 Å². The predicted octanol–water partition coefficient (Wildman–Crippen LogP) is 2.76. The lowest BCUT2D eigenvalue weighted by Crippen LogP contribution is -2.45. The molecule has 0 radical (unpaired) electrons. The molecule has 6 heteroatoms. The van der Waals surface area contributed by atoms with E-state index in [9.17, 15) is 4.79 Å². The number of carbonyl (C=O) groups is 1. The number of hydrogen-bond acceptors (Lipinski definition) is 3. The first kappa shape index (κ1) is 17.0. The number of amides is 1. The van der Waals surface area contributed by atoms with Crippen LogP contribution in [0.1, 0.15) is 24.9 Å². The maximum Gasteiger partial charge on any atom is 0.229 e. The number of hydrogen-bond donors (Lipinski definition) is 1. The van der Waals surface area contributed by atoms with E-state index in [1.165, 1.54) is 5.56 Å². The predicted molar refractivity (Wildman–Crippen MR) is 91.7 cm³/mol. The van der Waals surface area contributed by atoms with Gasteiger partial charge >= 0.3 is 0 Å². The Hall–Kier alpha value is -0.810. The van der Waals surface area contributed by atoms with Crippen molar-refractivity contribution in [2.24, 2.45) is 5.41 Å². The van der Waals surface area contributed by atoms with Crippen LogP contribution in [0.3, 0.4) is 0 Å². The SMILES string of the molecule is C[C@@]1(C(=O)NC[C@@H](c2ccccc2)N2CCOCC2)CC1(Cl)Cl. The van der Waals surface area contributed by atoms with Crippen LogP contribution in [-0.2, 0) is 9.53 Å².